The molecule has 1 amide bonds. The number of anilines is 1. The molecule has 1 aromatic heterocycles. The quantitative estimate of drug-likeness (QED) is 0.191. The lowest BCUT2D eigenvalue weighted by Crippen LogP contribution is -2.30. The lowest BCUT2D eigenvalue weighted by Gasteiger charge is -2.20. The number of hydrogen-bond donors (Lipinski definition) is 0. The second-order valence-electron chi connectivity index (χ2n) is 7.77. The summed E-state index contributed by atoms with van der Waals surface area (Å²) in [6.07, 6.45) is 1.29. The molecule has 3 aromatic carbocycles. The first-order valence-corrected chi connectivity index (χ1v) is 12.8. The molecule has 3 nitrogen and oxygen atoms in total. The number of amides is 1. The predicted molar refractivity (Wildman–Crippen MR) is 138 cm³/mol. The molecule has 0 saturated heterocycles. The van der Waals surface area contributed by atoms with E-state index >= 15 is 0 Å². The van der Waals surface area contributed by atoms with E-state index in [1.807, 2.05) is 54.3 Å². The van der Waals surface area contributed by atoms with Crippen LogP contribution in [-0.4, -0.2) is 16.6 Å². The predicted octanol–water partition coefficient (Wildman–Crippen LogP) is 7.67. The number of nitrogens with zero attached hydrogens (tertiary/aromatic N) is 2. The van der Waals surface area contributed by atoms with E-state index in [1.54, 1.807) is 11.8 Å². The standard InChI is InChI=1S/C26H25ClN2OS2/c1-18-10-13-21(14-11-18)31-16-6-9-23(30)29(17-20-7-4-3-5-8-20)26-28-24-19(2)12-15-22(27)25(24)32-26/h3-5,7-8,10-15H,6,9,16-17H2,1-2H3. The van der Waals surface area contributed by atoms with Crippen LogP contribution in [0.1, 0.15) is 29.5 Å². The second kappa shape index (κ2) is 10.5. The molecule has 6 heteroatoms. The number of rotatable bonds is 8. The number of halogens is 1. The van der Waals surface area contributed by atoms with E-state index in [1.165, 1.54) is 21.8 Å². The number of benzene rings is 3. The maximum absolute atomic E-state index is 13.3. The molecular formula is C26H25ClN2OS2. The van der Waals surface area contributed by atoms with Crippen molar-refractivity contribution in [3.8, 4) is 0 Å². The molecule has 0 fully saturated rings. The fraction of sp³-hybridized carbons (Fsp3) is 0.231. The molecule has 32 heavy (non-hydrogen) atoms. The van der Waals surface area contributed by atoms with Crippen molar-refractivity contribution in [1.29, 1.82) is 0 Å². The first kappa shape index (κ1) is 22.8. The van der Waals surface area contributed by atoms with Gasteiger partial charge in [-0.15, -0.1) is 11.8 Å². The average Bonchev–Trinajstić information content (AvgIpc) is 3.26. The zero-order valence-corrected chi connectivity index (χ0v) is 20.6. The van der Waals surface area contributed by atoms with Crippen LogP contribution in [0.3, 0.4) is 0 Å². The lowest BCUT2D eigenvalue weighted by atomic mass is 10.2. The van der Waals surface area contributed by atoms with E-state index in [2.05, 4.69) is 31.2 Å². The average molecular weight is 481 g/mol. The molecule has 4 rings (SSSR count). The van der Waals surface area contributed by atoms with Crippen LogP contribution < -0.4 is 4.90 Å². The van der Waals surface area contributed by atoms with Gasteiger partial charge >= 0.3 is 0 Å². The summed E-state index contributed by atoms with van der Waals surface area (Å²) in [4.78, 5) is 21.2. The summed E-state index contributed by atoms with van der Waals surface area (Å²) < 4.78 is 0.933. The van der Waals surface area contributed by atoms with Gasteiger partial charge in [-0.25, -0.2) is 4.98 Å². The van der Waals surface area contributed by atoms with Gasteiger partial charge in [0.15, 0.2) is 5.13 Å². The minimum Gasteiger partial charge on any atom is -0.284 e. The molecule has 0 unspecified atom stereocenters. The summed E-state index contributed by atoms with van der Waals surface area (Å²) in [5, 5.41) is 1.38. The lowest BCUT2D eigenvalue weighted by molar-refractivity contribution is -0.118. The van der Waals surface area contributed by atoms with Gasteiger partial charge in [-0.3, -0.25) is 9.69 Å². The number of carbonyl (C=O) groups excluding carboxylic acids is 1. The van der Waals surface area contributed by atoms with Crippen molar-refractivity contribution in [2.45, 2.75) is 38.1 Å². The van der Waals surface area contributed by atoms with Crippen LogP contribution in [0.4, 0.5) is 5.13 Å². The SMILES string of the molecule is Cc1ccc(SCCCC(=O)N(Cc2ccccc2)c2nc3c(C)ccc(Cl)c3s2)cc1. The van der Waals surface area contributed by atoms with Gasteiger partial charge < -0.3 is 0 Å². The molecular weight excluding hydrogens is 456 g/mol. The molecule has 0 spiro atoms. The molecule has 164 valence electrons. The fourth-order valence-electron chi connectivity index (χ4n) is 3.42. The number of fused-ring (bicyclic) bond motifs is 1. The first-order valence-electron chi connectivity index (χ1n) is 10.6. The van der Waals surface area contributed by atoms with Crippen LogP contribution in [0.25, 0.3) is 10.2 Å². The van der Waals surface area contributed by atoms with Crippen LogP contribution in [0.5, 0.6) is 0 Å². The number of thiazole rings is 1. The second-order valence-corrected chi connectivity index (χ2v) is 10.3. The van der Waals surface area contributed by atoms with Crippen molar-refractivity contribution < 1.29 is 4.79 Å². The molecule has 0 aliphatic heterocycles. The van der Waals surface area contributed by atoms with Crippen molar-refractivity contribution in [1.82, 2.24) is 4.98 Å². The summed E-state index contributed by atoms with van der Waals surface area (Å²) in [6, 6.07) is 22.4. The smallest absolute Gasteiger partial charge is 0.229 e. The highest BCUT2D eigenvalue weighted by molar-refractivity contribution is 7.99. The Balaban J connectivity index is 1.50. The molecule has 0 aliphatic carbocycles. The maximum Gasteiger partial charge on any atom is 0.229 e. The third kappa shape index (κ3) is 5.52. The minimum atomic E-state index is 0.0891. The summed E-state index contributed by atoms with van der Waals surface area (Å²) in [5.41, 5.74) is 4.27. The number of aryl methyl sites for hydroxylation is 2. The molecule has 0 N–H and O–H groups in total. The minimum absolute atomic E-state index is 0.0891. The summed E-state index contributed by atoms with van der Waals surface area (Å²) in [7, 11) is 0. The third-order valence-electron chi connectivity index (χ3n) is 5.23. The monoisotopic (exact) mass is 480 g/mol. The molecule has 0 saturated carbocycles. The van der Waals surface area contributed by atoms with E-state index in [-0.39, 0.29) is 5.91 Å². The largest absolute Gasteiger partial charge is 0.284 e. The highest BCUT2D eigenvalue weighted by Crippen LogP contribution is 2.36. The van der Waals surface area contributed by atoms with Gasteiger partial charge in [-0.1, -0.05) is 77.0 Å². The number of hydrogen-bond acceptors (Lipinski definition) is 4. The zero-order chi connectivity index (χ0) is 22.5. The fourth-order valence-corrected chi connectivity index (χ4v) is 5.60. The highest BCUT2D eigenvalue weighted by atomic mass is 35.5. The Morgan fingerprint density at radius 2 is 1.78 bits per heavy atom. The van der Waals surface area contributed by atoms with Crippen molar-refractivity contribution >= 4 is 56.0 Å². The Hall–Kier alpha value is -2.34. The number of thioether (sulfide) groups is 1. The van der Waals surface area contributed by atoms with Crippen LogP contribution in [-0.2, 0) is 11.3 Å². The van der Waals surface area contributed by atoms with E-state index < -0.39 is 0 Å². The Morgan fingerprint density at radius 3 is 2.50 bits per heavy atom. The van der Waals surface area contributed by atoms with Gasteiger partial charge in [-0.05, 0) is 55.3 Å². The van der Waals surface area contributed by atoms with Crippen molar-refractivity contribution in [2.75, 3.05) is 10.7 Å². The topological polar surface area (TPSA) is 33.2 Å². The molecule has 0 radical (unpaired) electrons. The Bertz CT molecular complexity index is 1170. The molecule has 4 aromatic rings. The van der Waals surface area contributed by atoms with Crippen molar-refractivity contribution in [3.63, 3.8) is 0 Å². The zero-order valence-electron chi connectivity index (χ0n) is 18.2. The Morgan fingerprint density at radius 1 is 1.03 bits per heavy atom. The normalized spacial score (nSPS) is 11.1. The van der Waals surface area contributed by atoms with Crippen LogP contribution >= 0.6 is 34.7 Å². The van der Waals surface area contributed by atoms with Gasteiger partial charge in [0, 0.05) is 11.3 Å². The molecule has 1 heterocycles. The molecule has 0 bridgehead atoms. The summed E-state index contributed by atoms with van der Waals surface area (Å²) >= 11 is 9.70. The van der Waals surface area contributed by atoms with Crippen molar-refractivity contribution in [2.24, 2.45) is 0 Å². The highest BCUT2D eigenvalue weighted by Gasteiger charge is 2.21. The number of aromatic nitrogens is 1. The Kier molecular flexibility index (Phi) is 7.51. The van der Waals surface area contributed by atoms with E-state index in [9.17, 15) is 4.79 Å². The summed E-state index contributed by atoms with van der Waals surface area (Å²) in [6.45, 7) is 4.61. The number of carbonyl (C=O) groups is 1. The van der Waals surface area contributed by atoms with E-state index in [0.29, 0.717) is 23.1 Å². The van der Waals surface area contributed by atoms with E-state index in [4.69, 9.17) is 16.6 Å². The van der Waals surface area contributed by atoms with Crippen LogP contribution in [0.2, 0.25) is 5.02 Å². The third-order valence-corrected chi connectivity index (χ3v) is 7.86. The first-order chi connectivity index (χ1) is 15.5. The van der Waals surface area contributed by atoms with Crippen LogP contribution in [0.15, 0.2) is 71.6 Å². The van der Waals surface area contributed by atoms with Gasteiger partial charge in [0.2, 0.25) is 5.91 Å². The van der Waals surface area contributed by atoms with E-state index in [0.717, 1.165) is 33.5 Å². The van der Waals surface area contributed by atoms with Gasteiger partial charge in [0.1, 0.15) is 0 Å². The Labute approximate surface area is 202 Å². The molecule has 0 atom stereocenters. The van der Waals surface area contributed by atoms with Gasteiger partial charge in [0.25, 0.3) is 0 Å². The molecule has 0 aliphatic rings. The maximum atomic E-state index is 13.3. The van der Waals surface area contributed by atoms with Crippen LogP contribution in [0, 0.1) is 13.8 Å². The van der Waals surface area contributed by atoms with Gasteiger partial charge in [-0.2, -0.15) is 0 Å². The summed E-state index contributed by atoms with van der Waals surface area (Å²) in [5.74, 6) is 0.991. The van der Waals surface area contributed by atoms with Gasteiger partial charge in [0.05, 0.1) is 21.8 Å². The van der Waals surface area contributed by atoms with Crippen molar-refractivity contribution in [3.05, 3.63) is 88.4 Å².